The van der Waals surface area contributed by atoms with Gasteiger partial charge in [0.25, 0.3) is 0 Å². The molecule has 0 spiro atoms. The third kappa shape index (κ3) is 4.30. The van der Waals surface area contributed by atoms with Crippen LogP contribution in [0.15, 0.2) is 48.5 Å². The van der Waals surface area contributed by atoms with Crippen LogP contribution in [0, 0.1) is 6.92 Å². The van der Waals surface area contributed by atoms with Crippen LogP contribution in [0.25, 0.3) is 0 Å². The number of nitrogens with one attached hydrogen (secondary N) is 1. The third-order valence-electron chi connectivity index (χ3n) is 3.64. The van der Waals surface area contributed by atoms with Crippen molar-refractivity contribution in [1.29, 1.82) is 0 Å². The molecule has 2 aromatic rings. The van der Waals surface area contributed by atoms with Crippen LogP contribution >= 0.6 is 12.2 Å². The van der Waals surface area contributed by atoms with Gasteiger partial charge in [-0.15, -0.1) is 0 Å². The van der Waals surface area contributed by atoms with Gasteiger partial charge in [-0.05, 0) is 43.9 Å². The van der Waals surface area contributed by atoms with Crippen LogP contribution in [0.2, 0.25) is 0 Å². The maximum atomic E-state index is 5.82. The van der Waals surface area contributed by atoms with E-state index >= 15 is 0 Å². The number of nitrogens with two attached hydrogens (primary N) is 1. The van der Waals surface area contributed by atoms with Crippen LogP contribution < -0.4 is 11.1 Å². The van der Waals surface area contributed by atoms with Gasteiger partial charge in [-0.25, -0.2) is 0 Å². The van der Waals surface area contributed by atoms with E-state index in [4.69, 9.17) is 18.0 Å². The van der Waals surface area contributed by atoms with Gasteiger partial charge in [-0.1, -0.05) is 54.7 Å². The predicted molar refractivity (Wildman–Crippen MR) is 94.9 cm³/mol. The molecule has 3 heteroatoms. The minimum Gasteiger partial charge on any atom is -0.389 e. The normalized spacial score (nSPS) is 11.9. The van der Waals surface area contributed by atoms with Gasteiger partial charge in [-0.3, -0.25) is 0 Å². The van der Waals surface area contributed by atoms with Crippen molar-refractivity contribution in [3.8, 4) is 0 Å². The summed E-state index contributed by atoms with van der Waals surface area (Å²) in [5, 5.41) is 3.56. The standard InChI is InChI=1S/C18H22N2S/c1-13-7-6-10-16(18(19)21)17(13)20-14(2)11-12-15-8-4-3-5-9-15/h3-10,14,20H,11-12H2,1-2H3,(H2,19,21). The summed E-state index contributed by atoms with van der Waals surface area (Å²) in [4.78, 5) is 0.441. The maximum absolute atomic E-state index is 5.82. The van der Waals surface area contributed by atoms with Crippen molar-refractivity contribution in [3.63, 3.8) is 0 Å². The van der Waals surface area contributed by atoms with E-state index < -0.39 is 0 Å². The molecular weight excluding hydrogens is 276 g/mol. The van der Waals surface area contributed by atoms with Crippen molar-refractivity contribution in [2.75, 3.05) is 5.32 Å². The minimum atomic E-state index is 0.361. The van der Waals surface area contributed by atoms with E-state index in [0.29, 0.717) is 11.0 Å². The molecular formula is C18H22N2S. The molecule has 0 aliphatic rings. The maximum Gasteiger partial charge on any atom is 0.106 e. The van der Waals surface area contributed by atoms with Crippen LogP contribution in [0.5, 0.6) is 0 Å². The summed E-state index contributed by atoms with van der Waals surface area (Å²) in [5.74, 6) is 0. The van der Waals surface area contributed by atoms with Gasteiger partial charge in [-0.2, -0.15) is 0 Å². The Hall–Kier alpha value is -1.87. The quantitative estimate of drug-likeness (QED) is 0.790. The molecule has 110 valence electrons. The van der Waals surface area contributed by atoms with Crippen molar-refractivity contribution < 1.29 is 0 Å². The first-order valence-electron chi connectivity index (χ1n) is 7.28. The second-order valence-electron chi connectivity index (χ2n) is 5.43. The fourth-order valence-corrected chi connectivity index (χ4v) is 2.58. The molecule has 0 aliphatic carbocycles. The zero-order valence-corrected chi connectivity index (χ0v) is 13.4. The van der Waals surface area contributed by atoms with Crippen LogP contribution in [0.1, 0.15) is 30.0 Å². The SMILES string of the molecule is Cc1cccc(C(N)=S)c1NC(C)CCc1ccccc1. The monoisotopic (exact) mass is 298 g/mol. The van der Waals surface area contributed by atoms with Gasteiger partial charge in [0, 0.05) is 17.3 Å². The highest BCUT2D eigenvalue weighted by Gasteiger charge is 2.10. The van der Waals surface area contributed by atoms with Crippen LogP contribution in [0.4, 0.5) is 5.69 Å². The number of rotatable bonds is 6. The summed E-state index contributed by atoms with van der Waals surface area (Å²) in [6.45, 7) is 4.27. The third-order valence-corrected chi connectivity index (χ3v) is 3.86. The molecule has 0 fully saturated rings. The summed E-state index contributed by atoms with van der Waals surface area (Å²) in [6.07, 6.45) is 2.12. The van der Waals surface area contributed by atoms with Gasteiger partial charge in [0.2, 0.25) is 0 Å². The fraction of sp³-hybridized carbons (Fsp3) is 0.278. The van der Waals surface area contributed by atoms with Crippen molar-refractivity contribution in [2.45, 2.75) is 32.7 Å². The number of para-hydroxylation sites is 1. The lowest BCUT2D eigenvalue weighted by Crippen LogP contribution is -2.20. The summed E-state index contributed by atoms with van der Waals surface area (Å²) in [6, 6.07) is 17.0. The first-order valence-corrected chi connectivity index (χ1v) is 7.68. The summed E-state index contributed by atoms with van der Waals surface area (Å²) in [5.41, 5.74) is 10.3. The molecule has 0 saturated carbocycles. The molecule has 2 aromatic carbocycles. The molecule has 0 heterocycles. The molecule has 2 rings (SSSR count). The van der Waals surface area contributed by atoms with E-state index in [0.717, 1.165) is 24.1 Å². The summed E-state index contributed by atoms with van der Waals surface area (Å²) in [7, 11) is 0. The summed E-state index contributed by atoms with van der Waals surface area (Å²) < 4.78 is 0. The van der Waals surface area contributed by atoms with E-state index in [1.807, 2.05) is 18.2 Å². The lowest BCUT2D eigenvalue weighted by molar-refractivity contribution is 0.705. The Morgan fingerprint density at radius 2 is 1.86 bits per heavy atom. The van der Waals surface area contributed by atoms with E-state index in [1.165, 1.54) is 11.1 Å². The second kappa shape index (κ2) is 7.23. The largest absolute Gasteiger partial charge is 0.389 e. The molecule has 0 aromatic heterocycles. The van der Waals surface area contributed by atoms with Crippen molar-refractivity contribution in [3.05, 3.63) is 65.2 Å². The second-order valence-corrected chi connectivity index (χ2v) is 5.87. The molecule has 1 unspecified atom stereocenters. The highest BCUT2D eigenvalue weighted by molar-refractivity contribution is 7.80. The Morgan fingerprint density at radius 1 is 1.14 bits per heavy atom. The molecule has 21 heavy (non-hydrogen) atoms. The van der Waals surface area contributed by atoms with E-state index in [-0.39, 0.29) is 0 Å². The lowest BCUT2D eigenvalue weighted by atomic mass is 10.0. The van der Waals surface area contributed by atoms with Crippen LogP contribution in [0.3, 0.4) is 0 Å². The summed E-state index contributed by atoms with van der Waals surface area (Å²) >= 11 is 5.14. The van der Waals surface area contributed by atoms with Crippen LogP contribution in [-0.2, 0) is 6.42 Å². The molecule has 0 bridgehead atoms. The average Bonchev–Trinajstić information content (AvgIpc) is 2.48. The molecule has 2 nitrogen and oxygen atoms in total. The zero-order valence-electron chi connectivity index (χ0n) is 12.6. The number of anilines is 1. The predicted octanol–water partition coefficient (Wildman–Crippen LogP) is 4.06. The first-order chi connectivity index (χ1) is 10.1. The van der Waals surface area contributed by atoms with E-state index in [9.17, 15) is 0 Å². The average molecular weight is 298 g/mol. The molecule has 0 aliphatic heterocycles. The van der Waals surface area contributed by atoms with Crippen molar-refractivity contribution in [2.24, 2.45) is 5.73 Å². The minimum absolute atomic E-state index is 0.361. The van der Waals surface area contributed by atoms with E-state index in [2.05, 4.69) is 49.5 Å². The highest BCUT2D eigenvalue weighted by Crippen LogP contribution is 2.22. The van der Waals surface area contributed by atoms with Gasteiger partial charge in [0.05, 0.1) is 0 Å². The fourth-order valence-electron chi connectivity index (χ4n) is 2.41. The Bertz CT molecular complexity index is 608. The first kappa shape index (κ1) is 15.5. The molecule has 0 radical (unpaired) electrons. The number of benzene rings is 2. The molecule has 0 saturated heterocycles. The topological polar surface area (TPSA) is 38.0 Å². The number of aryl methyl sites for hydroxylation is 2. The Kier molecular flexibility index (Phi) is 5.34. The van der Waals surface area contributed by atoms with Crippen molar-refractivity contribution >= 4 is 22.9 Å². The van der Waals surface area contributed by atoms with E-state index in [1.54, 1.807) is 0 Å². The molecule has 1 atom stereocenters. The Labute approximate surface area is 132 Å². The number of thiocarbonyl (C=S) groups is 1. The Balaban J connectivity index is 2.03. The number of hydrogen-bond donors (Lipinski definition) is 2. The van der Waals surface area contributed by atoms with Gasteiger partial charge in [0.15, 0.2) is 0 Å². The lowest BCUT2D eigenvalue weighted by Gasteiger charge is -2.20. The van der Waals surface area contributed by atoms with Gasteiger partial charge in [0.1, 0.15) is 4.99 Å². The highest BCUT2D eigenvalue weighted by atomic mass is 32.1. The van der Waals surface area contributed by atoms with Crippen LogP contribution in [-0.4, -0.2) is 11.0 Å². The van der Waals surface area contributed by atoms with Gasteiger partial charge >= 0.3 is 0 Å². The smallest absolute Gasteiger partial charge is 0.106 e. The number of hydrogen-bond acceptors (Lipinski definition) is 2. The van der Waals surface area contributed by atoms with Crippen molar-refractivity contribution in [1.82, 2.24) is 0 Å². The molecule has 3 N–H and O–H groups in total. The van der Waals surface area contributed by atoms with Gasteiger partial charge < -0.3 is 11.1 Å². The Morgan fingerprint density at radius 3 is 2.52 bits per heavy atom. The molecule has 0 amide bonds. The zero-order chi connectivity index (χ0) is 15.2.